The van der Waals surface area contributed by atoms with Crippen molar-refractivity contribution in [2.24, 2.45) is 10.9 Å². The number of rotatable bonds is 5. The number of hydrogen-bond donors (Lipinski definition) is 2. The number of nitrogens with two attached hydrogens (primary N) is 2. The molecule has 0 saturated heterocycles. The van der Waals surface area contributed by atoms with Crippen molar-refractivity contribution in [3.8, 4) is 17.6 Å². The molecular weight excluding hydrogens is 504 g/mol. The van der Waals surface area contributed by atoms with Gasteiger partial charge in [-0.2, -0.15) is 5.26 Å². The summed E-state index contributed by atoms with van der Waals surface area (Å²) in [5, 5.41) is 15.6. The van der Waals surface area contributed by atoms with Crippen LogP contribution in [0.2, 0.25) is 0 Å². The summed E-state index contributed by atoms with van der Waals surface area (Å²) in [7, 11) is -2.28. The molecule has 2 aromatic rings. The number of carbonyl (C=O) groups excluding carboxylic acids is 2. The summed E-state index contributed by atoms with van der Waals surface area (Å²) < 4.78 is 46.3. The maximum absolute atomic E-state index is 13.2. The van der Waals surface area contributed by atoms with Crippen LogP contribution in [0.15, 0.2) is 70.0 Å². The van der Waals surface area contributed by atoms with Crippen molar-refractivity contribution in [1.29, 1.82) is 5.26 Å². The number of fused-ring (bicyclic) bond motifs is 1. The maximum atomic E-state index is 13.2. The maximum Gasteiger partial charge on any atom is 0.355 e. The van der Waals surface area contributed by atoms with Gasteiger partial charge in [-0.1, -0.05) is 30.3 Å². The molecule has 1 unspecified atom stereocenters. The van der Waals surface area contributed by atoms with Crippen molar-refractivity contribution in [2.45, 2.75) is 10.8 Å². The third-order valence-electron chi connectivity index (χ3n) is 5.78. The van der Waals surface area contributed by atoms with Gasteiger partial charge in [0.1, 0.15) is 29.6 Å². The topological polar surface area (TPSA) is 184 Å². The summed E-state index contributed by atoms with van der Waals surface area (Å²) in [6.07, 6.45) is 0. The minimum Gasteiger partial charge on any atom is -0.486 e. The quantitative estimate of drug-likeness (QED) is 0.530. The number of allylic oxidation sites excluding steroid dienone is 1. The molecule has 0 aromatic heterocycles. The molecule has 0 bridgehead atoms. The summed E-state index contributed by atoms with van der Waals surface area (Å²) >= 11 is 0. The lowest BCUT2D eigenvalue weighted by Gasteiger charge is -2.36. The Morgan fingerprint density at radius 3 is 2.19 bits per heavy atom. The van der Waals surface area contributed by atoms with E-state index in [0.717, 1.165) is 25.2 Å². The zero-order valence-corrected chi connectivity index (χ0v) is 20.6. The van der Waals surface area contributed by atoms with Gasteiger partial charge in [-0.25, -0.2) is 23.1 Å². The first-order valence-electron chi connectivity index (χ1n) is 10.8. The third-order valence-corrected chi connectivity index (χ3v) is 6.72. The van der Waals surface area contributed by atoms with E-state index in [1.54, 1.807) is 30.3 Å². The molecule has 4 N–H and O–H groups in total. The number of hydrogen-bond acceptors (Lipinski definition) is 11. The van der Waals surface area contributed by atoms with E-state index in [2.05, 4.69) is 0 Å². The van der Waals surface area contributed by atoms with Crippen LogP contribution in [0.25, 0.3) is 0 Å². The lowest BCUT2D eigenvalue weighted by molar-refractivity contribution is -0.139. The highest BCUT2D eigenvalue weighted by molar-refractivity contribution is 7.89. The average Bonchev–Trinajstić information content (AvgIpc) is 2.90. The van der Waals surface area contributed by atoms with Crippen LogP contribution in [0.1, 0.15) is 11.5 Å². The van der Waals surface area contributed by atoms with Crippen molar-refractivity contribution in [3.05, 3.63) is 70.7 Å². The highest BCUT2D eigenvalue weighted by atomic mass is 32.2. The highest BCUT2D eigenvalue weighted by Crippen LogP contribution is 2.47. The van der Waals surface area contributed by atoms with Gasteiger partial charge in [0.05, 0.1) is 43.0 Å². The monoisotopic (exact) mass is 526 g/mol. The Labute approximate surface area is 212 Å². The van der Waals surface area contributed by atoms with Gasteiger partial charge in [0.15, 0.2) is 11.5 Å². The zero-order valence-electron chi connectivity index (χ0n) is 19.8. The van der Waals surface area contributed by atoms with E-state index in [1.807, 2.05) is 6.07 Å². The molecule has 37 heavy (non-hydrogen) atoms. The fourth-order valence-corrected chi connectivity index (χ4v) is 4.94. The first-order chi connectivity index (χ1) is 17.6. The van der Waals surface area contributed by atoms with Crippen LogP contribution >= 0.6 is 0 Å². The van der Waals surface area contributed by atoms with Gasteiger partial charge in [0.2, 0.25) is 10.0 Å². The average molecular weight is 527 g/mol. The van der Waals surface area contributed by atoms with Gasteiger partial charge in [-0.15, -0.1) is 0 Å². The Bertz CT molecular complexity index is 1490. The zero-order chi connectivity index (χ0) is 26.9. The first kappa shape index (κ1) is 25.5. The van der Waals surface area contributed by atoms with Crippen molar-refractivity contribution >= 4 is 27.6 Å². The Hall–Kier alpha value is -4.54. The summed E-state index contributed by atoms with van der Waals surface area (Å²) in [6, 6.07) is 12.7. The number of benzene rings is 2. The van der Waals surface area contributed by atoms with Gasteiger partial charge >= 0.3 is 11.9 Å². The van der Waals surface area contributed by atoms with Crippen molar-refractivity contribution in [2.75, 3.05) is 32.3 Å². The molecule has 0 amide bonds. The highest BCUT2D eigenvalue weighted by Gasteiger charge is 2.44. The molecule has 1 atom stereocenters. The summed E-state index contributed by atoms with van der Waals surface area (Å²) in [4.78, 5) is 26.8. The molecule has 0 fully saturated rings. The van der Waals surface area contributed by atoms with Crippen LogP contribution in [0.4, 0.5) is 5.69 Å². The van der Waals surface area contributed by atoms with Crippen molar-refractivity contribution in [3.63, 3.8) is 0 Å². The molecule has 13 heteroatoms. The molecule has 2 heterocycles. The van der Waals surface area contributed by atoms with Crippen LogP contribution in [0.3, 0.4) is 0 Å². The molecule has 0 radical (unpaired) electrons. The molecule has 0 spiro atoms. The van der Waals surface area contributed by atoms with Crippen LogP contribution in [-0.4, -0.2) is 47.8 Å². The molecule has 2 aliphatic heterocycles. The predicted molar refractivity (Wildman–Crippen MR) is 128 cm³/mol. The minimum absolute atomic E-state index is 0.0954. The van der Waals surface area contributed by atoms with E-state index in [0.29, 0.717) is 5.56 Å². The van der Waals surface area contributed by atoms with E-state index in [1.165, 1.54) is 6.07 Å². The van der Waals surface area contributed by atoms with Crippen LogP contribution in [0.5, 0.6) is 11.5 Å². The first-order valence-corrected chi connectivity index (χ1v) is 12.3. The van der Waals surface area contributed by atoms with E-state index in [-0.39, 0.29) is 47.4 Å². The van der Waals surface area contributed by atoms with Gasteiger partial charge in [0.25, 0.3) is 0 Å². The fraction of sp³-hybridized carbons (Fsp3) is 0.208. The van der Waals surface area contributed by atoms with E-state index in [4.69, 9.17) is 29.8 Å². The lowest BCUT2D eigenvalue weighted by atomic mass is 9.81. The number of nitrogens with zero attached hydrogens (tertiary/aromatic N) is 2. The number of sulfonamides is 1. The molecule has 4 rings (SSSR count). The SMILES string of the molecule is COC(=O)C1=C(C(=O)OC)N(c2cc3c(cc2S(N)(=O)=O)OCCO3)C(N)=C(C#N)C1c1ccccc1. The predicted octanol–water partition coefficient (Wildman–Crippen LogP) is 1.00. The Kier molecular flexibility index (Phi) is 6.80. The summed E-state index contributed by atoms with van der Waals surface area (Å²) in [6.45, 7) is 0.332. The van der Waals surface area contributed by atoms with E-state index in [9.17, 15) is 23.3 Å². The second-order valence-corrected chi connectivity index (χ2v) is 9.37. The number of carbonyl (C=O) groups is 2. The molecule has 2 aliphatic rings. The third kappa shape index (κ3) is 4.44. The lowest BCUT2D eigenvalue weighted by Crippen LogP contribution is -2.41. The number of methoxy groups -OCH3 is 2. The van der Waals surface area contributed by atoms with Crippen LogP contribution in [-0.2, 0) is 29.1 Å². The number of ether oxygens (including phenoxy) is 4. The fourth-order valence-electron chi connectivity index (χ4n) is 4.23. The summed E-state index contributed by atoms with van der Waals surface area (Å²) in [5.74, 6) is -3.23. The molecule has 0 saturated carbocycles. The second kappa shape index (κ2) is 9.84. The van der Waals surface area contributed by atoms with Gasteiger partial charge < -0.3 is 24.7 Å². The normalized spacial score (nSPS) is 17.2. The largest absolute Gasteiger partial charge is 0.486 e. The molecule has 12 nitrogen and oxygen atoms in total. The number of primary sulfonamides is 1. The molecule has 192 valence electrons. The standard InChI is InChI=1S/C24H22N4O8S/c1-33-23(29)20-19(13-6-4-3-5-7-13)14(12-25)22(26)28(21(20)24(30)34-2)15-10-16-17(36-9-8-35-16)11-18(15)37(27,31)32/h3-7,10-11,19H,8-9,26H2,1-2H3,(H2,27,31,32). The van der Waals surface area contributed by atoms with Crippen molar-refractivity contribution in [1.82, 2.24) is 0 Å². The van der Waals surface area contributed by atoms with Gasteiger partial charge in [0, 0.05) is 12.1 Å². The Balaban J connectivity index is 2.14. The van der Waals surface area contributed by atoms with Gasteiger partial charge in [-0.3, -0.25) is 4.90 Å². The second-order valence-electron chi connectivity index (χ2n) is 7.84. The molecular formula is C24H22N4O8S. The molecule has 2 aromatic carbocycles. The van der Waals surface area contributed by atoms with E-state index < -0.39 is 38.5 Å². The smallest absolute Gasteiger partial charge is 0.355 e. The Morgan fingerprint density at radius 2 is 1.65 bits per heavy atom. The minimum atomic E-state index is -4.46. The van der Waals surface area contributed by atoms with Crippen molar-refractivity contribution < 1.29 is 37.0 Å². The van der Waals surface area contributed by atoms with Gasteiger partial charge in [-0.05, 0) is 5.56 Å². The number of nitriles is 1. The number of anilines is 1. The van der Waals surface area contributed by atoms with Crippen LogP contribution < -0.4 is 25.2 Å². The summed E-state index contributed by atoms with van der Waals surface area (Å²) in [5.41, 5.74) is 5.76. The molecule has 0 aliphatic carbocycles. The van der Waals surface area contributed by atoms with E-state index >= 15 is 0 Å². The van der Waals surface area contributed by atoms with Crippen LogP contribution in [0, 0.1) is 11.3 Å². The number of esters is 2. The Morgan fingerprint density at radius 1 is 1.05 bits per heavy atom.